The van der Waals surface area contributed by atoms with Crippen molar-refractivity contribution in [1.29, 1.82) is 0 Å². The van der Waals surface area contributed by atoms with E-state index in [0.717, 1.165) is 0 Å². The largest absolute Gasteiger partial charge is 0.455 e. The predicted octanol–water partition coefficient (Wildman–Crippen LogP) is 8.44. The van der Waals surface area contributed by atoms with Gasteiger partial charge in [-0.05, 0) is 11.6 Å². The highest BCUT2D eigenvalue weighted by Gasteiger charge is 2.19. The topological polar surface area (TPSA) is 51.8 Å². The molecule has 174 valence electrons. The monoisotopic (exact) mass is 485 g/mol. The highest BCUT2D eigenvalue weighted by molar-refractivity contribution is 6.14. The summed E-state index contributed by atoms with van der Waals surface area (Å²) in [4.78, 5) is 14.0. The van der Waals surface area contributed by atoms with E-state index in [0.29, 0.717) is 33.0 Å². The normalized spacial score (nSPS) is 15.0. The van der Waals surface area contributed by atoms with Gasteiger partial charge in [0, 0.05) is 33.0 Å². The van der Waals surface area contributed by atoms with E-state index in [4.69, 9.17) is 23.1 Å². The van der Waals surface area contributed by atoms with Gasteiger partial charge in [-0.25, -0.2) is 15.0 Å². The SMILES string of the molecule is [2H]c1c([2H])c([2H])c(-c2nc(-c3ccccc3)nc(-c3cccc4oc5c(-c6c([2H])c([2H])c([2H])c([2H])c6[2H])cccc5c34)n2)c([2H])c1[2H]. The minimum Gasteiger partial charge on any atom is -0.455 e. The van der Waals surface area contributed by atoms with E-state index in [1.165, 1.54) is 0 Å². The summed E-state index contributed by atoms with van der Waals surface area (Å²) in [6, 6.07) is 14.7. The van der Waals surface area contributed by atoms with Gasteiger partial charge in [-0.2, -0.15) is 0 Å². The summed E-state index contributed by atoms with van der Waals surface area (Å²) in [6.45, 7) is 0. The fraction of sp³-hybridized carbons (Fsp3) is 0. The van der Waals surface area contributed by atoms with Gasteiger partial charge in [0.1, 0.15) is 11.2 Å². The molecule has 7 rings (SSSR count). The maximum atomic E-state index is 8.56. The van der Waals surface area contributed by atoms with Crippen LogP contribution in [0.4, 0.5) is 0 Å². The zero-order valence-electron chi connectivity index (χ0n) is 29.1. The first-order valence-corrected chi connectivity index (χ1v) is 11.4. The molecule has 0 N–H and O–H groups in total. The number of furan rings is 1. The number of hydrogen-bond acceptors (Lipinski definition) is 4. The molecule has 37 heavy (non-hydrogen) atoms. The van der Waals surface area contributed by atoms with E-state index in [-0.39, 0.29) is 46.3 Å². The Labute approximate surface area is 228 Å². The van der Waals surface area contributed by atoms with Crippen molar-refractivity contribution in [2.24, 2.45) is 0 Å². The first-order chi connectivity index (χ1) is 22.5. The van der Waals surface area contributed by atoms with Gasteiger partial charge in [0.05, 0.1) is 13.7 Å². The van der Waals surface area contributed by atoms with Crippen LogP contribution in [-0.4, -0.2) is 15.0 Å². The maximum Gasteiger partial charge on any atom is 0.164 e. The summed E-state index contributed by atoms with van der Waals surface area (Å²) in [5, 5.41) is 1.12. The van der Waals surface area contributed by atoms with Crippen molar-refractivity contribution in [2.45, 2.75) is 0 Å². The van der Waals surface area contributed by atoms with Crippen LogP contribution in [-0.2, 0) is 0 Å². The third kappa shape index (κ3) is 3.76. The van der Waals surface area contributed by atoms with Gasteiger partial charge in [-0.3, -0.25) is 0 Å². The molecule has 0 radical (unpaired) electrons. The minimum absolute atomic E-state index is 0.00259. The molecule has 5 aromatic carbocycles. The van der Waals surface area contributed by atoms with Crippen molar-refractivity contribution in [3.63, 3.8) is 0 Å². The van der Waals surface area contributed by atoms with Crippen molar-refractivity contribution in [3.05, 3.63) is 127 Å². The van der Waals surface area contributed by atoms with Crippen molar-refractivity contribution < 1.29 is 18.1 Å². The van der Waals surface area contributed by atoms with E-state index in [2.05, 4.69) is 9.97 Å². The highest BCUT2D eigenvalue weighted by atomic mass is 16.3. The standard InChI is InChI=1S/C33H21N3O/c1-4-12-22(13-5-1)25-18-10-19-26-29-27(20-11-21-28(29)37-30(25)26)33-35-31(23-14-6-2-7-15-23)34-32(36-33)24-16-8-3-9-17-24/h1-21H/i1D,2D,4D,5D,6D,7D,12D,13D,14D,15D. The van der Waals surface area contributed by atoms with Gasteiger partial charge in [0.15, 0.2) is 17.5 Å². The summed E-state index contributed by atoms with van der Waals surface area (Å²) < 4.78 is 89.3. The number of aromatic nitrogens is 3. The molecule has 0 aliphatic heterocycles. The first kappa shape index (κ1) is 13.3. The van der Waals surface area contributed by atoms with Crippen LogP contribution in [0.15, 0.2) is 132 Å². The molecule has 4 nitrogen and oxygen atoms in total. The number of rotatable bonds is 4. The molecule has 0 aliphatic carbocycles. The maximum absolute atomic E-state index is 8.56. The van der Waals surface area contributed by atoms with Crippen LogP contribution >= 0.6 is 0 Å². The summed E-state index contributed by atoms with van der Waals surface area (Å²) in [5.41, 5.74) is 1.91. The van der Waals surface area contributed by atoms with Crippen LogP contribution in [0.25, 0.3) is 67.2 Å². The van der Waals surface area contributed by atoms with Gasteiger partial charge in [-0.1, -0.05) is 121 Å². The number of nitrogens with zero attached hydrogens (tertiary/aromatic N) is 3. The van der Waals surface area contributed by atoms with Crippen molar-refractivity contribution in [3.8, 4) is 45.3 Å². The van der Waals surface area contributed by atoms with Crippen LogP contribution in [0.5, 0.6) is 0 Å². The highest BCUT2D eigenvalue weighted by Crippen LogP contribution is 2.40. The molecular weight excluding hydrogens is 454 g/mol. The second-order valence-electron chi connectivity index (χ2n) is 8.14. The lowest BCUT2D eigenvalue weighted by Crippen LogP contribution is -2.00. The summed E-state index contributed by atoms with van der Waals surface area (Å²) in [5.74, 6) is 0.236. The summed E-state index contributed by atoms with van der Waals surface area (Å²) in [7, 11) is 0. The van der Waals surface area contributed by atoms with Crippen molar-refractivity contribution in [2.75, 3.05) is 0 Å². The van der Waals surface area contributed by atoms with Gasteiger partial charge in [-0.15, -0.1) is 0 Å². The van der Waals surface area contributed by atoms with Crippen LogP contribution in [0.2, 0.25) is 0 Å². The van der Waals surface area contributed by atoms with Gasteiger partial charge in [0.2, 0.25) is 0 Å². The average molecular weight is 486 g/mol. The summed E-state index contributed by atoms with van der Waals surface area (Å²) in [6.07, 6.45) is 0. The van der Waals surface area contributed by atoms with Crippen LogP contribution in [0, 0.1) is 0 Å². The predicted molar refractivity (Wildman–Crippen MR) is 149 cm³/mol. The lowest BCUT2D eigenvalue weighted by atomic mass is 10.0. The molecule has 0 atom stereocenters. The molecule has 0 fully saturated rings. The van der Waals surface area contributed by atoms with E-state index in [9.17, 15) is 0 Å². The molecule has 2 heterocycles. The first-order valence-electron chi connectivity index (χ1n) is 16.4. The van der Waals surface area contributed by atoms with E-state index >= 15 is 0 Å². The van der Waals surface area contributed by atoms with Crippen LogP contribution < -0.4 is 0 Å². The molecule has 0 spiro atoms. The fourth-order valence-electron chi connectivity index (χ4n) is 4.30. The fourth-order valence-corrected chi connectivity index (χ4v) is 4.30. The second-order valence-corrected chi connectivity index (χ2v) is 8.14. The van der Waals surface area contributed by atoms with Crippen molar-refractivity contribution in [1.82, 2.24) is 15.0 Å². The Kier molecular flexibility index (Phi) is 3.18. The molecule has 7 aromatic rings. The van der Waals surface area contributed by atoms with Gasteiger partial charge in [0.25, 0.3) is 0 Å². The van der Waals surface area contributed by atoms with Gasteiger partial charge < -0.3 is 4.42 Å². The van der Waals surface area contributed by atoms with Crippen LogP contribution in [0.3, 0.4) is 0 Å². The zero-order chi connectivity index (χ0) is 33.3. The molecule has 0 saturated heterocycles. The molecule has 0 saturated carbocycles. The quantitative estimate of drug-likeness (QED) is 0.251. The molecular formula is C33H21N3O. The Morgan fingerprint density at radius 2 is 1.14 bits per heavy atom. The smallest absolute Gasteiger partial charge is 0.164 e. The second kappa shape index (κ2) is 8.85. The van der Waals surface area contributed by atoms with Gasteiger partial charge >= 0.3 is 0 Å². The molecule has 2 aromatic heterocycles. The Hall–Kier alpha value is -5.09. The van der Waals surface area contributed by atoms with E-state index < -0.39 is 48.3 Å². The van der Waals surface area contributed by atoms with Crippen molar-refractivity contribution >= 4 is 21.9 Å². The van der Waals surface area contributed by atoms with E-state index in [1.807, 2.05) is 6.07 Å². The lowest BCUT2D eigenvalue weighted by Gasteiger charge is -2.09. The zero-order valence-corrected chi connectivity index (χ0v) is 19.1. The lowest BCUT2D eigenvalue weighted by molar-refractivity contribution is 0.670. The Morgan fingerprint density at radius 1 is 0.514 bits per heavy atom. The molecule has 0 aliphatic rings. The molecule has 0 unspecified atom stereocenters. The third-order valence-corrected chi connectivity index (χ3v) is 5.92. The number of para-hydroxylation sites is 1. The Balaban J connectivity index is 1.54. The minimum atomic E-state index is -0.536. The third-order valence-electron chi connectivity index (χ3n) is 5.92. The number of benzene rings is 5. The average Bonchev–Trinajstić information content (AvgIpc) is 3.48. The molecule has 0 bridgehead atoms. The van der Waals surface area contributed by atoms with E-state index in [1.54, 1.807) is 60.7 Å². The molecule has 4 heteroatoms. The molecule has 0 amide bonds. The van der Waals surface area contributed by atoms with Crippen LogP contribution in [0.1, 0.15) is 13.7 Å². The number of fused-ring (bicyclic) bond motifs is 3. The Morgan fingerprint density at radius 3 is 1.89 bits per heavy atom. The summed E-state index contributed by atoms with van der Waals surface area (Å²) >= 11 is 0. The Bertz CT molecular complexity index is 2370. The number of hydrogen-bond donors (Lipinski definition) is 0.